The predicted octanol–water partition coefficient (Wildman–Crippen LogP) is 3.53. The minimum absolute atomic E-state index is 0.0400. The zero-order chi connectivity index (χ0) is 23.2. The molecule has 0 bridgehead atoms. The van der Waals surface area contributed by atoms with E-state index in [0.29, 0.717) is 29.5 Å². The lowest BCUT2D eigenvalue weighted by Crippen LogP contribution is -2.52. The SMILES string of the molecule is Cc1[nH]c(C(=O)NC2CCN(c3nc(-c4cn(C)cn4)c(C(=O)O)s3)CC2F)c(Cl)c1Cl. The highest BCUT2D eigenvalue weighted by Gasteiger charge is 2.34. The van der Waals surface area contributed by atoms with Gasteiger partial charge >= 0.3 is 5.97 Å². The Balaban J connectivity index is 1.48. The first-order valence-corrected chi connectivity index (χ1v) is 11.2. The third-order valence-electron chi connectivity index (χ3n) is 5.17. The molecule has 0 aromatic carbocycles. The van der Waals surface area contributed by atoms with E-state index in [1.807, 2.05) is 0 Å². The van der Waals surface area contributed by atoms with Crippen LogP contribution in [0.2, 0.25) is 10.0 Å². The van der Waals surface area contributed by atoms with Crippen molar-refractivity contribution in [1.82, 2.24) is 24.8 Å². The van der Waals surface area contributed by atoms with Crippen LogP contribution >= 0.6 is 34.5 Å². The number of thiazole rings is 1. The lowest BCUT2D eigenvalue weighted by Gasteiger charge is -2.34. The predicted molar refractivity (Wildman–Crippen MR) is 120 cm³/mol. The van der Waals surface area contributed by atoms with Crippen molar-refractivity contribution < 1.29 is 19.1 Å². The van der Waals surface area contributed by atoms with Gasteiger partial charge in [0.15, 0.2) is 5.13 Å². The van der Waals surface area contributed by atoms with Crippen LogP contribution in [-0.4, -0.2) is 61.8 Å². The molecule has 3 N–H and O–H groups in total. The van der Waals surface area contributed by atoms with Crippen LogP contribution in [0.3, 0.4) is 0 Å². The normalized spacial score (nSPS) is 18.7. The number of rotatable bonds is 5. The molecule has 0 radical (unpaired) electrons. The zero-order valence-corrected chi connectivity index (χ0v) is 19.4. The highest BCUT2D eigenvalue weighted by Crippen LogP contribution is 2.34. The number of carboxylic acid groups (broad SMARTS) is 1. The maximum Gasteiger partial charge on any atom is 0.348 e. The summed E-state index contributed by atoms with van der Waals surface area (Å²) in [5, 5.41) is 13.0. The quantitative estimate of drug-likeness (QED) is 0.493. The summed E-state index contributed by atoms with van der Waals surface area (Å²) < 4.78 is 16.6. The molecule has 2 unspecified atom stereocenters. The zero-order valence-electron chi connectivity index (χ0n) is 17.0. The van der Waals surface area contributed by atoms with E-state index in [-0.39, 0.29) is 32.9 Å². The average molecular weight is 501 g/mol. The Morgan fingerprint density at radius 3 is 2.69 bits per heavy atom. The number of hydrogen-bond acceptors (Lipinski definition) is 6. The minimum Gasteiger partial charge on any atom is -0.477 e. The van der Waals surface area contributed by atoms with Crippen LogP contribution in [-0.2, 0) is 7.05 Å². The lowest BCUT2D eigenvalue weighted by molar-refractivity contribution is 0.0702. The summed E-state index contributed by atoms with van der Waals surface area (Å²) in [4.78, 5) is 37.4. The van der Waals surface area contributed by atoms with E-state index in [0.717, 1.165) is 11.3 Å². The van der Waals surface area contributed by atoms with Gasteiger partial charge in [-0.25, -0.2) is 19.2 Å². The molecular formula is C19H19Cl2FN6O3S. The largest absolute Gasteiger partial charge is 0.477 e. The number of aryl methyl sites for hydroxylation is 2. The smallest absolute Gasteiger partial charge is 0.348 e. The Morgan fingerprint density at radius 2 is 2.12 bits per heavy atom. The molecule has 4 heterocycles. The number of carbonyl (C=O) groups excluding carboxylic acids is 1. The number of carboxylic acids is 1. The van der Waals surface area contributed by atoms with Crippen molar-refractivity contribution in [1.29, 1.82) is 0 Å². The third kappa shape index (κ3) is 4.19. The summed E-state index contributed by atoms with van der Waals surface area (Å²) in [6.45, 7) is 2.02. The number of imidazole rings is 1. The molecule has 1 fully saturated rings. The van der Waals surface area contributed by atoms with Crippen molar-refractivity contribution in [3.05, 3.63) is 38.8 Å². The van der Waals surface area contributed by atoms with Gasteiger partial charge in [0.2, 0.25) is 0 Å². The van der Waals surface area contributed by atoms with Crippen LogP contribution in [0.15, 0.2) is 12.5 Å². The number of alkyl halides is 1. The van der Waals surface area contributed by atoms with Crippen molar-refractivity contribution in [3.63, 3.8) is 0 Å². The summed E-state index contributed by atoms with van der Waals surface area (Å²) in [7, 11) is 1.77. The summed E-state index contributed by atoms with van der Waals surface area (Å²) in [5.74, 6) is -1.66. The molecule has 1 aliphatic rings. The van der Waals surface area contributed by atoms with Gasteiger partial charge in [-0.05, 0) is 13.3 Å². The Labute approximate surface area is 196 Å². The molecular weight excluding hydrogens is 482 g/mol. The van der Waals surface area contributed by atoms with Crippen molar-refractivity contribution >= 4 is 51.5 Å². The number of nitrogens with zero attached hydrogens (tertiary/aromatic N) is 4. The van der Waals surface area contributed by atoms with Crippen LogP contribution < -0.4 is 10.2 Å². The summed E-state index contributed by atoms with van der Waals surface area (Å²) in [6.07, 6.45) is 2.13. The molecule has 1 saturated heterocycles. The molecule has 32 heavy (non-hydrogen) atoms. The monoisotopic (exact) mass is 500 g/mol. The van der Waals surface area contributed by atoms with Gasteiger partial charge in [-0.3, -0.25) is 4.79 Å². The van der Waals surface area contributed by atoms with Gasteiger partial charge in [0.05, 0.1) is 29.0 Å². The number of halogens is 3. The number of carbonyl (C=O) groups is 2. The molecule has 3 aromatic rings. The first-order chi connectivity index (χ1) is 15.2. The molecule has 3 aromatic heterocycles. The number of aromatic carboxylic acids is 1. The molecule has 9 nitrogen and oxygen atoms in total. The van der Waals surface area contributed by atoms with E-state index in [2.05, 4.69) is 20.3 Å². The fourth-order valence-corrected chi connectivity index (χ4v) is 4.87. The van der Waals surface area contributed by atoms with Crippen LogP contribution in [0.4, 0.5) is 9.52 Å². The summed E-state index contributed by atoms with van der Waals surface area (Å²) in [6, 6.07) is -0.730. The van der Waals surface area contributed by atoms with Gasteiger partial charge < -0.3 is 24.9 Å². The number of nitrogens with one attached hydrogen (secondary N) is 2. The minimum atomic E-state index is -1.39. The number of hydrogen-bond donors (Lipinski definition) is 3. The topological polar surface area (TPSA) is 116 Å². The van der Waals surface area contributed by atoms with Crippen LogP contribution in [0.25, 0.3) is 11.4 Å². The molecule has 1 aliphatic heterocycles. The fraction of sp³-hybridized carbons (Fsp3) is 0.368. The molecule has 2 atom stereocenters. The average Bonchev–Trinajstić information content (AvgIpc) is 3.44. The Kier molecular flexibility index (Phi) is 6.15. The maximum atomic E-state index is 15.0. The number of aromatic amines is 1. The van der Waals surface area contributed by atoms with Crippen molar-refractivity contribution in [3.8, 4) is 11.4 Å². The van der Waals surface area contributed by atoms with Crippen LogP contribution in [0.5, 0.6) is 0 Å². The van der Waals surface area contributed by atoms with Gasteiger partial charge in [-0.2, -0.15) is 0 Å². The maximum absolute atomic E-state index is 15.0. The fourth-order valence-electron chi connectivity index (χ4n) is 3.51. The molecule has 0 aliphatic carbocycles. The summed E-state index contributed by atoms with van der Waals surface area (Å²) >= 11 is 13.1. The Hall–Kier alpha value is -2.63. The Morgan fingerprint density at radius 1 is 1.38 bits per heavy atom. The van der Waals surface area contributed by atoms with E-state index in [1.54, 1.807) is 36.0 Å². The second kappa shape index (κ2) is 8.72. The van der Waals surface area contributed by atoms with E-state index >= 15 is 0 Å². The second-order valence-corrected chi connectivity index (χ2v) is 9.22. The lowest BCUT2D eigenvalue weighted by atomic mass is 10.0. The van der Waals surface area contributed by atoms with Crippen molar-refractivity contribution in [2.45, 2.75) is 25.6 Å². The van der Waals surface area contributed by atoms with Gasteiger partial charge in [0, 0.05) is 25.5 Å². The highest BCUT2D eigenvalue weighted by atomic mass is 35.5. The number of anilines is 1. The van der Waals surface area contributed by atoms with Crippen molar-refractivity contribution in [2.24, 2.45) is 7.05 Å². The molecule has 4 rings (SSSR count). The van der Waals surface area contributed by atoms with Crippen LogP contribution in [0.1, 0.15) is 32.3 Å². The van der Waals surface area contributed by atoms with E-state index < -0.39 is 24.1 Å². The number of aromatic nitrogens is 4. The van der Waals surface area contributed by atoms with Crippen LogP contribution in [0, 0.1) is 6.92 Å². The first kappa shape index (κ1) is 22.6. The standard InChI is InChI=1S/C19H19Cl2FN6O3S/c1-8-12(20)13(21)15(24-8)17(29)25-10-3-4-28(5-9(10)22)19-26-14(16(32-19)18(30)31)11-6-27(2)7-23-11/h6-7,9-10,24H,3-5H2,1-2H3,(H,25,29)(H,30,31). The van der Waals surface area contributed by atoms with E-state index in [1.165, 1.54) is 0 Å². The highest BCUT2D eigenvalue weighted by molar-refractivity contribution is 7.17. The van der Waals surface area contributed by atoms with Gasteiger partial charge in [0.1, 0.15) is 28.1 Å². The number of piperidine rings is 1. The van der Waals surface area contributed by atoms with Gasteiger partial charge in [0.25, 0.3) is 5.91 Å². The van der Waals surface area contributed by atoms with Gasteiger partial charge in [-0.15, -0.1) is 0 Å². The number of H-pyrrole nitrogens is 1. The summed E-state index contributed by atoms with van der Waals surface area (Å²) in [5.41, 5.74) is 1.32. The Bertz CT molecular complexity index is 1190. The molecule has 13 heteroatoms. The third-order valence-corrected chi connectivity index (χ3v) is 7.22. The molecule has 0 saturated carbocycles. The first-order valence-electron chi connectivity index (χ1n) is 9.61. The van der Waals surface area contributed by atoms with Gasteiger partial charge in [-0.1, -0.05) is 34.5 Å². The van der Waals surface area contributed by atoms with Crippen molar-refractivity contribution in [2.75, 3.05) is 18.0 Å². The molecule has 170 valence electrons. The van der Waals surface area contributed by atoms with E-state index in [9.17, 15) is 19.1 Å². The molecule has 1 amide bonds. The molecule has 0 spiro atoms. The second-order valence-electron chi connectivity index (χ2n) is 7.49. The number of amides is 1. The van der Waals surface area contributed by atoms with E-state index in [4.69, 9.17) is 23.2 Å².